The lowest BCUT2D eigenvalue weighted by atomic mass is 10.1. The van der Waals surface area contributed by atoms with Crippen LogP contribution in [0.1, 0.15) is 15.2 Å². The van der Waals surface area contributed by atoms with Crippen molar-refractivity contribution < 1.29 is 9.90 Å². The van der Waals surface area contributed by atoms with Crippen LogP contribution < -0.4 is 0 Å². The summed E-state index contributed by atoms with van der Waals surface area (Å²) in [5.74, 6) is -0.181. The maximum atomic E-state index is 12.0. The molecule has 0 atom stereocenters. The van der Waals surface area contributed by atoms with Crippen LogP contribution in [0, 0.1) is 0 Å². The van der Waals surface area contributed by atoms with Gasteiger partial charge in [0.2, 0.25) is 0 Å². The van der Waals surface area contributed by atoms with Crippen molar-refractivity contribution >= 4 is 33.3 Å². The maximum Gasteiger partial charge on any atom is 0.189 e. The van der Waals surface area contributed by atoms with Gasteiger partial charge in [-0.15, -0.1) is 11.3 Å². The van der Waals surface area contributed by atoms with E-state index in [0.717, 1.165) is 4.88 Å². The molecule has 0 saturated heterocycles. The number of hydrogen-bond acceptors (Lipinski definition) is 3. The minimum absolute atomic E-state index is 0.0125. The molecule has 0 saturated carbocycles. The lowest BCUT2D eigenvalue weighted by molar-refractivity contribution is 0.104. The number of rotatable bonds is 3. The molecule has 20 heavy (non-hydrogen) atoms. The van der Waals surface area contributed by atoms with Gasteiger partial charge in [-0.3, -0.25) is 4.79 Å². The van der Waals surface area contributed by atoms with Gasteiger partial charge in [-0.1, -0.05) is 30.3 Å². The molecule has 0 amide bonds. The molecule has 0 fully saturated rings. The van der Waals surface area contributed by atoms with Crippen molar-refractivity contribution in [1.29, 1.82) is 0 Å². The van der Waals surface area contributed by atoms with E-state index in [-0.39, 0.29) is 11.5 Å². The Morgan fingerprint density at radius 1 is 1.05 bits per heavy atom. The highest BCUT2D eigenvalue weighted by molar-refractivity contribution is 7.19. The van der Waals surface area contributed by atoms with E-state index in [4.69, 9.17) is 0 Å². The summed E-state index contributed by atoms with van der Waals surface area (Å²) in [6, 6.07) is 16.7. The molecule has 0 aliphatic carbocycles. The Kier molecular flexibility index (Phi) is 3.35. The zero-order valence-electron chi connectivity index (χ0n) is 10.6. The first kappa shape index (κ1) is 12.6. The van der Waals surface area contributed by atoms with Crippen molar-refractivity contribution in [3.63, 3.8) is 0 Å². The fraction of sp³-hybridized carbons (Fsp3) is 0. The van der Waals surface area contributed by atoms with Gasteiger partial charge in [0.15, 0.2) is 5.78 Å². The van der Waals surface area contributed by atoms with Gasteiger partial charge in [0, 0.05) is 9.58 Å². The molecule has 3 rings (SSSR count). The number of thiophene rings is 1. The minimum Gasteiger partial charge on any atom is -0.507 e. The van der Waals surface area contributed by atoms with Crippen LogP contribution in [0.25, 0.3) is 16.2 Å². The molecule has 1 heterocycles. The molecule has 2 nitrogen and oxygen atoms in total. The van der Waals surface area contributed by atoms with Gasteiger partial charge in [0.05, 0.1) is 5.56 Å². The van der Waals surface area contributed by atoms with Crippen molar-refractivity contribution in [3.05, 3.63) is 71.1 Å². The molecule has 0 radical (unpaired) electrons. The van der Waals surface area contributed by atoms with E-state index in [0.29, 0.717) is 5.56 Å². The maximum absolute atomic E-state index is 12.0. The van der Waals surface area contributed by atoms with Crippen LogP contribution in [0.4, 0.5) is 0 Å². The van der Waals surface area contributed by atoms with Gasteiger partial charge in [0.25, 0.3) is 0 Å². The number of phenolic OH excluding ortho intramolecular Hbond substituents is 1. The third kappa shape index (κ3) is 2.49. The molecule has 1 N–H and O–H groups in total. The second-order valence-electron chi connectivity index (χ2n) is 4.40. The summed E-state index contributed by atoms with van der Waals surface area (Å²) in [6.07, 6.45) is 3.29. The summed E-state index contributed by atoms with van der Waals surface area (Å²) < 4.78 is 1.20. The van der Waals surface area contributed by atoms with Crippen molar-refractivity contribution in [2.24, 2.45) is 0 Å². The lowest BCUT2D eigenvalue weighted by Gasteiger charge is -1.98. The summed E-state index contributed by atoms with van der Waals surface area (Å²) in [6.45, 7) is 0. The number of para-hydroxylation sites is 1. The quantitative estimate of drug-likeness (QED) is 0.566. The standard InChI is InChI=1S/C17H12O2S/c18-15-7-3-2-6-14(15)16(19)10-9-13-11-12-5-1-4-8-17(12)20-13/h1-11,18H. The van der Waals surface area contributed by atoms with E-state index in [1.165, 1.54) is 22.2 Å². The Balaban J connectivity index is 1.87. The Bertz CT molecular complexity index is 766. The van der Waals surface area contributed by atoms with E-state index >= 15 is 0 Å². The second kappa shape index (κ2) is 5.31. The van der Waals surface area contributed by atoms with Gasteiger partial charge >= 0.3 is 0 Å². The first-order valence-electron chi connectivity index (χ1n) is 6.23. The van der Waals surface area contributed by atoms with Crippen LogP contribution in [0.2, 0.25) is 0 Å². The number of carbonyl (C=O) groups is 1. The molecular weight excluding hydrogens is 268 g/mol. The lowest BCUT2D eigenvalue weighted by Crippen LogP contribution is -1.93. The molecule has 0 unspecified atom stereocenters. The van der Waals surface area contributed by atoms with E-state index in [2.05, 4.69) is 12.1 Å². The molecule has 0 aliphatic heterocycles. The fourth-order valence-corrected chi connectivity index (χ4v) is 2.98. The first-order chi connectivity index (χ1) is 9.74. The van der Waals surface area contributed by atoms with Crippen molar-refractivity contribution in [3.8, 4) is 5.75 Å². The van der Waals surface area contributed by atoms with Gasteiger partial charge in [-0.05, 0) is 41.8 Å². The topological polar surface area (TPSA) is 37.3 Å². The zero-order valence-corrected chi connectivity index (χ0v) is 11.4. The van der Waals surface area contributed by atoms with Crippen LogP contribution in [0.3, 0.4) is 0 Å². The highest BCUT2D eigenvalue weighted by atomic mass is 32.1. The average molecular weight is 280 g/mol. The Hall–Kier alpha value is -2.39. The normalized spacial score (nSPS) is 11.2. The monoisotopic (exact) mass is 280 g/mol. The molecule has 2 aromatic carbocycles. The molecule has 0 spiro atoms. The van der Waals surface area contributed by atoms with Crippen LogP contribution >= 0.6 is 11.3 Å². The summed E-state index contributed by atoms with van der Waals surface area (Å²) in [4.78, 5) is 13.0. The van der Waals surface area contributed by atoms with E-state index < -0.39 is 0 Å². The van der Waals surface area contributed by atoms with Crippen LogP contribution in [0.5, 0.6) is 5.75 Å². The Morgan fingerprint density at radius 2 is 1.80 bits per heavy atom. The number of ketones is 1. The summed E-state index contributed by atoms with van der Waals surface area (Å²) in [5.41, 5.74) is 0.324. The number of carbonyl (C=O) groups excluding carboxylic acids is 1. The van der Waals surface area contributed by atoms with Gasteiger partial charge in [-0.2, -0.15) is 0 Å². The fourth-order valence-electron chi connectivity index (χ4n) is 2.01. The van der Waals surface area contributed by atoms with E-state index in [1.807, 2.05) is 18.2 Å². The SMILES string of the molecule is O=C(C=Cc1cc2ccccc2s1)c1ccccc1O. The molecule has 98 valence electrons. The highest BCUT2D eigenvalue weighted by Crippen LogP contribution is 2.26. The molecule has 3 heteroatoms. The number of aromatic hydroxyl groups is 1. The van der Waals surface area contributed by atoms with Crippen molar-refractivity contribution in [1.82, 2.24) is 0 Å². The molecular formula is C17H12O2S. The summed E-state index contributed by atoms with van der Waals surface area (Å²) >= 11 is 1.64. The summed E-state index contributed by atoms with van der Waals surface area (Å²) in [7, 11) is 0. The largest absolute Gasteiger partial charge is 0.507 e. The first-order valence-corrected chi connectivity index (χ1v) is 7.05. The number of phenols is 1. The zero-order chi connectivity index (χ0) is 13.9. The minimum atomic E-state index is -0.194. The predicted octanol–water partition coefficient (Wildman–Crippen LogP) is 4.50. The smallest absolute Gasteiger partial charge is 0.189 e. The molecule has 3 aromatic rings. The van der Waals surface area contributed by atoms with Crippen molar-refractivity contribution in [2.75, 3.05) is 0 Å². The number of hydrogen-bond donors (Lipinski definition) is 1. The number of allylic oxidation sites excluding steroid dienone is 1. The van der Waals surface area contributed by atoms with E-state index in [1.54, 1.807) is 35.6 Å². The van der Waals surface area contributed by atoms with Crippen LogP contribution in [-0.4, -0.2) is 10.9 Å². The third-order valence-electron chi connectivity index (χ3n) is 3.01. The number of benzene rings is 2. The van der Waals surface area contributed by atoms with Crippen LogP contribution in [-0.2, 0) is 0 Å². The van der Waals surface area contributed by atoms with E-state index in [9.17, 15) is 9.90 Å². The van der Waals surface area contributed by atoms with Crippen LogP contribution in [0.15, 0.2) is 60.7 Å². The number of fused-ring (bicyclic) bond motifs is 1. The second-order valence-corrected chi connectivity index (χ2v) is 5.52. The van der Waals surface area contributed by atoms with Crippen molar-refractivity contribution in [2.45, 2.75) is 0 Å². The third-order valence-corrected chi connectivity index (χ3v) is 4.09. The van der Waals surface area contributed by atoms with Gasteiger partial charge < -0.3 is 5.11 Å². The Labute approximate surface area is 120 Å². The molecule has 0 aliphatic rings. The van der Waals surface area contributed by atoms with Gasteiger partial charge in [0.1, 0.15) is 5.75 Å². The molecule has 0 bridgehead atoms. The highest BCUT2D eigenvalue weighted by Gasteiger charge is 2.06. The molecule has 1 aromatic heterocycles. The Morgan fingerprint density at radius 3 is 2.60 bits per heavy atom. The predicted molar refractivity (Wildman–Crippen MR) is 83.3 cm³/mol. The summed E-state index contributed by atoms with van der Waals surface area (Å²) in [5, 5.41) is 10.8. The van der Waals surface area contributed by atoms with Gasteiger partial charge in [-0.25, -0.2) is 0 Å². The average Bonchev–Trinajstić information content (AvgIpc) is 2.88.